The van der Waals surface area contributed by atoms with Gasteiger partial charge >= 0.3 is 62.4 Å². The Balaban J connectivity index is -0.000000260. The van der Waals surface area contributed by atoms with E-state index in [1.165, 1.54) is 12.8 Å². The average Bonchev–Trinajstić information content (AvgIpc) is 2.41. The van der Waals surface area contributed by atoms with Crippen LogP contribution in [-0.2, 0) is 9.59 Å². The van der Waals surface area contributed by atoms with Crippen molar-refractivity contribution in [1.29, 1.82) is 0 Å². The van der Waals surface area contributed by atoms with Crippen LogP contribution < -0.4 is 0 Å². The predicted molar refractivity (Wildman–Crippen MR) is 107 cm³/mol. The summed E-state index contributed by atoms with van der Waals surface area (Å²) in [5.41, 5.74) is 0. The van der Waals surface area contributed by atoms with E-state index in [0.717, 1.165) is 38.5 Å². The molecule has 0 amide bonds. The van der Waals surface area contributed by atoms with Crippen LogP contribution in [-0.4, -0.2) is 35.2 Å². The number of halogens is 2. The molecule has 4 nitrogen and oxygen atoms in total. The summed E-state index contributed by atoms with van der Waals surface area (Å²) >= 11 is 5.22. The molecule has 0 bridgehead atoms. The normalized spacial score (nSPS) is 8.95. The van der Waals surface area contributed by atoms with Gasteiger partial charge < -0.3 is 10.2 Å². The SMILES string of the molecule is CCCCCCC(=O)O.CCCCCCC(=O)O.I[Te]I. The van der Waals surface area contributed by atoms with Crippen molar-refractivity contribution in [2.24, 2.45) is 0 Å². The maximum absolute atomic E-state index is 9.96. The second-order valence-electron chi connectivity index (χ2n) is 4.47. The molecule has 0 aliphatic heterocycles. The number of carboxylic acids is 2. The van der Waals surface area contributed by atoms with Crippen LogP contribution in [0.3, 0.4) is 0 Å². The summed E-state index contributed by atoms with van der Waals surface area (Å²) in [6.07, 6.45) is 9.11. The van der Waals surface area contributed by atoms with Gasteiger partial charge in [-0.1, -0.05) is 52.4 Å². The van der Waals surface area contributed by atoms with Crippen LogP contribution in [0.2, 0.25) is 0 Å². The molecule has 2 N–H and O–H groups in total. The summed E-state index contributed by atoms with van der Waals surface area (Å²) < 4.78 is 0. The molecule has 0 spiro atoms. The van der Waals surface area contributed by atoms with E-state index < -0.39 is 11.9 Å². The number of hydrogen-bond acceptors (Lipinski definition) is 2. The third-order valence-electron chi connectivity index (χ3n) is 2.49. The monoisotopic (exact) mass is 644 g/mol. The number of unbranched alkanes of at least 4 members (excludes halogenated alkanes) is 6. The van der Waals surface area contributed by atoms with E-state index in [1.54, 1.807) is 0 Å². The first-order chi connectivity index (χ1) is 9.95. The Morgan fingerprint density at radius 2 is 1.05 bits per heavy atom. The van der Waals surface area contributed by atoms with Gasteiger partial charge in [0.15, 0.2) is 0 Å². The fourth-order valence-corrected chi connectivity index (χ4v) is 1.41. The van der Waals surface area contributed by atoms with Crippen molar-refractivity contribution in [2.45, 2.75) is 78.1 Å². The van der Waals surface area contributed by atoms with Crippen LogP contribution in [0.15, 0.2) is 0 Å². The predicted octanol–water partition coefficient (Wildman–Crippen LogP) is 5.47. The molecule has 0 saturated carbocycles. The van der Waals surface area contributed by atoms with Gasteiger partial charge in [0.2, 0.25) is 0 Å². The molecule has 0 aromatic rings. The van der Waals surface area contributed by atoms with Crippen LogP contribution in [0.4, 0.5) is 0 Å². The van der Waals surface area contributed by atoms with Gasteiger partial charge in [-0.3, -0.25) is 9.59 Å². The molecule has 0 heterocycles. The molecule has 0 saturated heterocycles. The summed E-state index contributed by atoms with van der Waals surface area (Å²) in [6.45, 7) is 4.22. The third-order valence-corrected chi connectivity index (χ3v) is 2.49. The molecule has 0 aromatic heterocycles. The van der Waals surface area contributed by atoms with Gasteiger partial charge in [0.05, 0.1) is 0 Å². The van der Waals surface area contributed by atoms with Gasteiger partial charge in [0.1, 0.15) is 0 Å². The van der Waals surface area contributed by atoms with Gasteiger partial charge in [-0.05, 0) is 12.8 Å². The van der Waals surface area contributed by atoms with Gasteiger partial charge in [-0.15, -0.1) is 0 Å². The summed E-state index contributed by atoms with van der Waals surface area (Å²) in [5, 5.41) is 16.4. The van der Waals surface area contributed by atoms with Crippen molar-refractivity contribution in [2.75, 3.05) is 0 Å². The number of hydrogen-bond donors (Lipinski definition) is 2. The first kappa shape index (κ1) is 27.1. The van der Waals surface area contributed by atoms with Crippen molar-refractivity contribution in [3.05, 3.63) is 0 Å². The minimum absolute atomic E-state index is 0.333. The van der Waals surface area contributed by atoms with Gasteiger partial charge in [0.25, 0.3) is 0 Å². The van der Waals surface area contributed by atoms with E-state index in [0.29, 0.717) is 25.9 Å². The molecule has 0 fully saturated rings. The maximum atomic E-state index is 9.96. The molecule has 7 heteroatoms. The van der Waals surface area contributed by atoms with Crippen LogP contribution in [0.25, 0.3) is 0 Å². The number of aliphatic carboxylic acids is 2. The molecular weight excluding hydrogens is 614 g/mol. The molecule has 0 rings (SSSR count). The number of carbonyl (C=O) groups is 2. The second kappa shape index (κ2) is 26.1. The quantitative estimate of drug-likeness (QED) is 0.189. The summed E-state index contributed by atoms with van der Waals surface area (Å²) in [5.74, 6) is -1.35. The van der Waals surface area contributed by atoms with E-state index in [1.807, 2.05) is 0 Å². The minimum atomic E-state index is -0.675. The molecule has 0 atom stereocenters. The Morgan fingerprint density at radius 1 is 0.762 bits per heavy atom. The first-order valence-electron chi connectivity index (χ1n) is 7.29. The van der Waals surface area contributed by atoms with Crippen molar-refractivity contribution in [1.82, 2.24) is 0 Å². The molecule has 0 radical (unpaired) electrons. The molecule has 0 aliphatic rings. The van der Waals surface area contributed by atoms with Gasteiger partial charge in [0, 0.05) is 12.8 Å². The fraction of sp³-hybridized carbons (Fsp3) is 0.857. The molecule has 128 valence electrons. The summed E-state index contributed by atoms with van der Waals surface area (Å²) in [7, 11) is 0. The number of rotatable bonds is 10. The van der Waals surface area contributed by atoms with E-state index in [9.17, 15) is 9.59 Å². The zero-order valence-electron chi connectivity index (χ0n) is 12.9. The van der Waals surface area contributed by atoms with Crippen molar-refractivity contribution in [3.63, 3.8) is 0 Å². The molecule has 21 heavy (non-hydrogen) atoms. The molecule has 0 unspecified atom stereocenters. The Kier molecular flexibility index (Phi) is 33.6. The Labute approximate surface area is 158 Å². The van der Waals surface area contributed by atoms with Crippen LogP contribution in [0, 0.1) is 0 Å². The van der Waals surface area contributed by atoms with E-state index in [4.69, 9.17) is 10.2 Å². The summed E-state index contributed by atoms with van der Waals surface area (Å²) in [6, 6.07) is 0. The van der Waals surface area contributed by atoms with Crippen LogP contribution in [0.1, 0.15) is 78.1 Å². The second-order valence-corrected chi connectivity index (χ2v) is 22.0. The standard InChI is InChI=1S/2C7H14O2.I2Te/c2*1-2-3-4-5-6-7(8)9;1-3-2/h2*2-6H2,1H3,(H,8,9);. The first-order valence-corrected chi connectivity index (χ1v) is 20.9. The molecule has 0 aromatic carbocycles. The van der Waals surface area contributed by atoms with E-state index in [2.05, 4.69) is 51.2 Å². The van der Waals surface area contributed by atoms with E-state index >= 15 is 0 Å². The fourth-order valence-electron chi connectivity index (χ4n) is 1.41. The average molecular weight is 642 g/mol. The zero-order chi connectivity index (χ0) is 16.9. The number of carboxylic acid groups (broad SMARTS) is 2. The van der Waals surface area contributed by atoms with Crippen molar-refractivity contribution in [3.8, 4) is 0 Å². The Bertz CT molecular complexity index is 207. The van der Waals surface area contributed by atoms with Crippen molar-refractivity contribution >= 4 is 62.4 Å². The van der Waals surface area contributed by atoms with Crippen LogP contribution >= 0.6 is 37.4 Å². The molecular formula is C14H28I2O4Te. The third kappa shape index (κ3) is 44.9. The Hall–Kier alpha value is 1.19. The van der Waals surface area contributed by atoms with Crippen LogP contribution in [0.5, 0.6) is 0 Å². The zero-order valence-corrected chi connectivity index (χ0v) is 19.6. The topological polar surface area (TPSA) is 74.6 Å². The summed E-state index contributed by atoms with van der Waals surface area (Å²) in [4.78, 5) is 19.9. The molecule has 0 aliphatic carbocycles. The Morgan fingerprint density at radius 3 is 1.24 bits per heavy atom. The van der Waals surface area contributed by atoms with Gasteiger partial charge in [-0.2, -0.15) is 0 Å². The van der Waals surface area contributed by atoms with Gasteiger partial charge in [-0.25, -0.2) is 0 Å². The van der Waals surface area contributed by atoms with E-state index in [-0.39, 0.29) is 0 Å². The van der Waals surface area contributed by atoms with Crippen molar-refractivity contribution < 1.29 is 19.8 Å².